The number of thioether (sulfide) groups is 1. The zero-order valence-corrected chi connectivity index (χ0v) is 14.3. The molecule has 0 saturated carbocycles. The van der Waals surface area contributed by atoms with E-state index in [4.69, 9.17) is 5.11 Å². The number of carbonyl (C=O) groups is 3. The largest absolute Gasteiger partial charge is 0.478 e. The number of benzene rings is 1. The molecule has 0 aliphatic carbocycles. The molecule has 24 heavy (non-hydrogen) atoms. The quantitative estimate of drug-likeness (QED) is 0.874. The Balaban J connectivity index is 2.25. The monoisotopic (exact) mass is 354 g/mol. The van der Waals surface area contributed by atoms with Gasteiger partial charge in [-0.05, 0) is 32.0 Å². The SMILES string of the molecule is CCN(CC)C(=O)C1CSCN1C(=O)c1ccc(C(=O)O)cc1F. The molecule has 1 heterocycles. The van der Waals surface area contributed by atoms with Crippen LogP contribution in [0.25, 0.3) is 0 Å². The highest BCUT2D eigenvalue weighted by Crippen LogP contribution is 2.25. The number of nitrogens with zero attached hydrogens (tertiary/aromatic N) is 2. The molecule has 1 saturated heterocycles. The van der Waals surface area contributed by atoms with E-state index in [-0.39, 0.29) is 17.0 Å². The van der Waals surface area contributed by atoms with E-state index in [1.54, 1.807) is 4.90 Å². The van der Waals surface area contributed by atoms with Crippen molar-refractivity contribution in [1.82, 2.24) is 9.80 Å². The summed E-state index contributed by atoms with van der Waals surface area (Å²) >= 11 is 1.43. The summed E-state index contributed by atoms with van der Waals surface area (Å²) in [5.74, 6) is -2.14. The van der Waals surface area contributed by atoms with Crippen molar-refractivity contribution in [2.75, 3.05) is 24.7 Å². The number of carboxylic acid groups (broad SMARTS) is 1. The van der Waals surface area contributed by atoms with Gasteiger partial charge < -0.3 is 14.9 Å². The Bertz CT molecular complexity index is 663. The zero-order valence-electron chi connectivity index (χ0n) is 13.5. The second-order valence-electron chi connectivity index (χ2n) is 5.30. The minimum absolute atomic E-state index is 0.152. The van der Waals surface area contributed by atoms with Gasteiger partial charge in [0.05, 0.1) is 17.0 Å². The van der Waals surface area contributed by atoms with Gasteiger partial charge in [-0.1, -0.05) is 0 Å². The lowest BCUT2D eigenvalue weighted by atomic mass is 10.1. The first kappa shape index (κ1) is 18.3. The molecule has 0 aromatic heterocycles. The van der Waals surface area contributed by atoms with Crippen molar-refractivity contribution >= 4 is 29.5 Å². The van der Waals surface area contributed by atoms with Crippen LogP contribution in [0.15, 0.2) is 18.2 Å². The number of amides is 2. The summed E-state index contributed by atoms with van der Waals surface area (Å²) in [7, 11) is 0. The van der Waals surface area contributed by atoms with Crippen molar-refractivity contribution in [3.05, 3.63) is 35.1 Å². The Kier molecular flexibility index (Phi) is 5.82. The molecule has 130 valence electrons. The van der Waals surface area contributed by atoms with Crippen LogP contribution in [-0.2, 0) is 4.79 Å². The van der Waals surface area contributed by atoms with Gasteiger partial charge in [-0.15, -0.1) is 11.8 Å². The molecular weight excluding hydrogens is 335 g/mol. The maximum absolute atomic E-state index is 14.1. The molecule has 2 rings (SSSR count). The van der Waals surface area contributed by atoms with Gasteiger partial charge in [0.15, 0.2) is 0 Å². The highest BCUT2D eigenvalue weighted by molar-refractivity contribution is 7.99. The van der Waals surface area contributed by atoms with Gasteiger partial charge in [0.1, 0.15) is 11.9 Å². The minimum Gasteiger partial charge on any atom is -0.478 e. The highest BCUT2D eigenvalue weighted by atomic mass is 32.2. The van der Waals surface area contributed by atoms with Gasteiger partial charge >= 0.3 is 5.97 Å². The third-order valence-electron chi connectivity index (χ3n) is 3.95. The average molecular weight is 354 g/mol. The molecular formula is C16H19FN2O4S. The number of hydrogen-bond donors (Lipinski definition) is 1. The van der Waals surface area contributed by atoms with E-state index < -0.39 is 23.7 Å². The van der Waals surface area contributed by atoms with E-state index >= 15 is 0 Å². The third kappa shape index (κ3) is 3.53. The second-order valence-corrected chi connectivity index (χ2v) is 6.30. The standard InChI is InChI=1S/C16H19FN2O4S/c1-3-18(4-2)15(21)13-8-24-9-19(13)14(20)11-6-5-10(16(22)23)7-12(11)17/h5-7,13H,3-4,8-9H2,1-2H3,(H,22,23). The molecule has 1 N–H and O–H groups in total. The lowest BCUT2D eigenvalue weighted by molar-refractivity contribution is -0.134. The molecule has 2 amide bonds. The summed E-state index contributed by atoms with van der Waals surface area (Å²) in [6, 6.07) is 2.53. The predicted molar refractivity (Wildman–Crippen MR) is 88.6 cm³/mol. The Hall–Kier alpha value is -2.09. The second kappa shape index (κ2) is 7.65. The van der Waals surface area contributed by atoms with Crippen molar-refractivity contribution in [2.24, 2.45) is 0 Å². The van der Waals surface area contributed by atoms with Crippen LogP contribution in [0.4, 0.5) is 4.39 Å². The molecule has 0 radical (unpaired) electrons. The van der Waals surface area contributed by atoms with E-state index in [9.17, 15) is 18.8 Å². The number of likely N-dealkylation sites (N-methyl/N-ethyl adjacent to an activating group) is 1. The number of aromatic carboxylic acids is 1. The van der Waals surface area contributed by atoms with E-state index in [2.05, 4.69) is 0 Å². The van der Waals surface area contributed by atoms with Crippen LogP contribution in [0.5, 0.6) is 0 Å². The van der Waals surface area contributed by atoms with Crippen LogP contribution in [0.1, 0.15) is 34.6 Å². The van der Waals surface area contributed by atoms with E-state index in [1.807, 2.05) is 13.8 Å². The van der Waals surface area contributed by atoms with Gasteiger partial charge in [0.25, 0.3) is 5.91 Å². The predicted octanol–water partition coefficient (Wildman–Crippen LogP) is 1.91. The molecule has 1 aromatic rings. The number of halogens is 1. The fourth-order valence-corrected chi connectivity index (χ4v) is 3.71. The first-order valence-electron chi connectivity index (χ1n) is 7.61. The van der Waals surface area contributed by atoms with Crippen LogP contribution in [-0.4, -0.2) is 63.5 Å². The number of carbonyl (C=O) groups excluding carboxylic acids is 2. The molecule has 0 spiro atoms. The molecule has 0 bridgehead atoms. The summed E-state index contributed by atoms with van der Waals surface area (Å²) in [4.78, 5) is 39.0. The maximum Gasteiger partial charge on any atom is 0.335 e. The van der Waals surface area contributed by atoms with Crippen LogP contribution < -0.4 is 0 Å². The summed E-state index contributed by atoms with van der Waals surface area (Å²) in [6.45, 7) is 4.81. The van der Waals surface area contributed by atoms with Gasteiger partial charge in [0, 0.05) is 18.8 Å². The van der Waals surface area contributed by atoms with E-state index in [1.165, 1.54) is 22.7 Å². The topological polar surface area (TPSA) is 77.9 Å². The third-order valence-corrected chi connectivity index (χ3v) is 4.96. The van der Waals surface area contributed by atoms with Gasteiger partial charge in [-0.25, -0.2) is 9.18 Å². The Morgan fingerprint density at radius 2 is 2.00 bits per heavy atom. The molecule has 8 heteroatoms. The van der Waals surface area contributed by atoms with Crippen LogP contribution >= 0.6 is 11.8 Å². The Morgan fingerprint density at radius 3 is 2.54 bits per heavy atom. The Morgan fingerprint density at radius 1 is 1.33 bits per heavy atom. The summed E-state index contributed by atoms with van der Waals surface area (Å²) in [5.41, 5.74) is -0.449. The van der Waals surface area contributed by atoms with Crippen molar-refractivity contribution in [2.45, 2.75) is 19.9 Å². The lowest BCUT2D eigenvalue weighted by Gasteiger charge is -2.28. The molecule has 1 aliphatic heterocycles. The van der Waals surface area contributed by atoms with Crippen LogP contribution in [0.3, 0.4) is 0 Å². The van der Waals surface area contributed by atoms with E-state index in [0.717, 1.165) is 12.1 Å². The normalized spacial score (nSPS) is 17.0. The maximum atomic E-state index is 14.1. The highest BCUT2D eigenvalue weighted by Gasteiger charge is 2.37. The zero-order chi connectivity index (χ0) is 17.9. The van der Waals surface area contributed by atoms with Gasteiger partial charge in [-0.3, -0.25) is 9.59 Å². The lowest BCUT2D eigenvalue weighted by Crippen LogP contribution is -2.49. The van der Waals surface area contributed by atoms with Crippen LogP contribution in [0, 0.1) is 5.82 Å². The van der Waals surface area contributed by atoms with Crippen molar-refractivity contribution < 1.29 is 23.9 Å². The summed E-state index contributed by atoms with van der Waals surface area (Å²) in [6.07, 6.45) is 0. The first-order valence-corrected chi connectivity index (χ1v) is 8.76. The molecule has 1 aliphatic rings. The number of hydrogen-bond acceptors (Lipinski definition) is 4. The van der Waals surface area contributed by atoms with Crippen molar-refractivity contribution in [1.29, 1.82) is 0 Å². The molecule has 6 nitrogen and oxygen atoms in total. The smallest absolute Gasteiger partial charge is 0.335 e. The van der Waals surface area contributed by atoms with Gasteiger partial charge in [0.2, 0.25) is 5.91 Å². The van der Waals surface area contributed by atoms with Crippen molar-refractivity contribution in [3.63, 3.8) is 0 Å². The van der Waals surface area contributed by atoms with Crippen LogP contribution in [0.2, 0.25) is 0 Å². The summed E-state index contributed by atoms with van der Waals surface area (Å²) in [5, 5.41) is 8.86. The number of rotatable bonds is 5. The molecule has 1 fully saturated rings. The molecule has 1 unspecified atom stereocenters. The van der Waals surface area contributed by atoms with E-state index in [0.29, 0.717) is 24.7 Å². The fraction of sp³-hybridized carbons (Fsp3) is 0.438. The fourth-order valence-electron chi connectivity index (χ4n) is 2.57. The van der Waals surface area contributed by atoms with Crippen molar-refractivity contribution in [3.8, 4) is 0 Å². The Labute approximate surface area is 143 Å². The average Bonchev–Trinajstić information content (AvgIpc) is 3.04. The molecule has 1 atom stereocenters. The minimum atomic E-state index is -1.26. The molecule has 1 aromatic carbocycles. The number of carboxylic acids is 1. The summed E-state index contributed by atoms with van der Waals surface area (Å²) < 4.78 is 14.1. The van der Waals surface area contributed by atoms with Gasteiger partial charge in [-0.2, -0.15) is 0 Å². The first-order chi connectivity index (χ1) is 11.4.